The number of nitrogens with zero attached hydrogens (tertiary/aromatic N) is 1. The molecule has 0 saturated carbocycles. The molecule has 1 atom stereocenters. The summed E-state index contributed by atoms with van der Waals surface area (Å²) in [6.45, 7) is 8.62. The predicted molar refractivity (Wildman–Crippen MR) is 103 cm³/mol. The number of aromatic nitrogens is 1. The van der Waals surface area contributed by atoms with E-state index in [9.17, 15) is 18.8 Å². The Hall–Kier alpha value is -2.96. The lowest BCUT2D eigenvalue weighted by Gasteiger charge is -2.32. The van der Waals surface area contributed by atoms with Crippen molar-refractivity contribution in [1.29, 1.82) is 0 Å². The number of amides is 1. The van der Waals surface area contributed by atoms with Gasteiger partial charge in [0, 0.05) is 22.9 Å². The molecule has 0 fully saturated rings. The summed E-state index contributed by atoms with van der Waals surface area (Å²) in [5, 5.41) is 0. The molecule has 28 heavy (non-hydrogen) atoms. The number of aryl methyl sites for hydroxylation is 1. The Bertz CT molecular complexity index is 900. The molecule has 2 rings (SSSR count). The first-order chi connectivity index (χ1) is 13.1. The standard InChI is InChI=1S/C21H25FN2O4/c1-11(2)24(20(26)15-7-9-16(22)10-8-15)14(5)19(25)17-12(3)18(21(27)28-6)23-13(17)4/h7-11,14,23H,1-6H3/t14-/m1/s1. The van der Waals surface area contributed by atoms with Gasteiger partial charge in [-0.25, -0.2) is 9.18 Å². The smallest absolute Gasteiger partial charge is 0.354 e. The van der Waals surface area contributed by atoms with Crippen molar-refractivity contribution >= 4 is 17.7 Å². The van der Waals surface area contributed by atoms with Gasteiger partial charge in [-0.15, -0.1) is 0 Å². The summed E-state index contributed by atoms with van der Waals surface area (Å²) in [6, 6.07) is 4.16. The van der Waals surface area contributed by atoms with Crippen LogP contribution in [0.15, 0.2) is 24.3 Å². The van der Waals surface area contributed by atoms with Crippen LogP contribution in [0.4, 0.5) is 4.39 Å². The average molecular weight is 388 g/mol. The van der Waals surface area contributed by atoms with Crippen LogP contribution in [0.2, 0.25) is 0 Å². The molecule has 1 heterocycles. The van der Waals surface area contributed by atoms with E-state index in [0.717, 1.165) is 0 Å². The summed E-state index contributed by atoms with van der Waals surface area (Å²) in [7, 11) is 1.27. The van der Waals surface area contributed by atoms with E-state index in [-0.39, 0.29) is 23.4 Å². The fourth-order valence-electron chi connectivity index (χ4n) is 3.36. The van der Waals surface area contributed by atoms with Crippen molar-refractivity contribution in [3.05, 3.63) is 58.2 Å². The Morgan fingerprint density at radius 1 is 1.07 bits per heavy atom. The van der Waals surface area contributed by atoms with Gasteiger partial charge in [-0.1, -0.05) is 0 Å². The lowest BCUT2D eigenvalue weighted by Crippen LogP contribution is -2.47. The molecular formula is C21H25FN2O4. The summed E-state index contributed by atoms with van der Waals surface area (Å²) in [6.07, 6.45) is 0. The molecule has 1 amide bonds. The molecule has 1 N–H and O–H groups in total. The van der Waals surface area contributed by atoms with Gasteiger partial charge in [-0.2, -0.15) is 0 Å². The van der Waals surface area contributed by atoms with Crippen LogP contribution < -0.4 is 0 Å². The summed E-state index contributed by atoms with van der Waals surface area (Å²) < 4.78 is 17.9. The Kier molecular flexibility index (Phi) is 6.38. The summed E-state index contributed by atoms with van der Waals surface area (Å²) >= 11 is 0. The number of carbonyl (C=O) groups excluding carboxylic acids is 3. The van der Waals surface area contributed by atoms with E-state index in [1.807, 2.05) is 13.8 Å². The topological polar surface area (TPSA) is 79.5 Å². The van der Waals surface area contributed by atoms with Crippen LogP contribution >= 0.6 is 0 Å². The van der Waals surface area contributed by atoms with E-state index in [2.05, 4.69) is 4.98 Å². The van der Waals surface area contributed by atoms with Crippen LogP contribution in [0, 0.1) is 19.7 Å². The second-order valence-corrected chi connectivity index (χ2v) is 6.97. The molecule has 1 aromatic heterocycles. The Morgan fingerprint density at radius 3 is 2.14 bits per heavy atom. The third-order valence-electron chi connectivity index (χ3n) is 4.75. The molecule has 1 aromatic carbocycles. The zero-order valence-electron chi connectivity index (χ0n) is 16.9. The molecule has 0 radical (unpaired) electrons. The van der Waals surface area contributed by atoms with Gasteiger partial charge in [0.1, 0.15) is 11.5 Å². The van der Waals surface area contributed by atoms with E-state index in [4.69, 9.17) is 4.74 Å². The second-order valence-electron chi connectivity index (χ2n) is 6.97. The Morgan fingerprint density at radius 2 is 1.64 bits per heavy atom. The minimum Gasteiger partial charge on any atom is -0.464 e. The quantitative estimate of drug-likeness (QED) is 0.605. The minimum atomic E-state index is -0.781. The second kappa shape index (κ2) is 8.37. The number of ketones is 1. The van der Waals surface area contributed by atoms with Crippen LogP contribution in [0.5, 0.6) is 0 Å². The zero-order chi connectivity index (χ0) is 21.2. The Balaban J connectivity index is 2.41. The van der Waals surface area contributed by atoms with Crippen molar-refractivity contribution in [3.8, 4) is 0 Å². The van der Waals surface area contributed by atoms with E-state index < -0.39 is 17.8 Å². The van der Waals surface area contributed by atoms with Crippen molar-refractivity contribution in [3.63, 3.8) is 0 Å². The number of Topliss-reactive ketones (excluding diaryl/α,β-unsaturated/α-hetero) is 1. The highest BCUT2D eigenvalue weighted by Crippen LogP contribution is 2.23. The number of aromatic amines is 1. The number of carbonyl (C=O) groups is 3. The summed E-state index contributed by atoms with van der Waals surface area (Å²) in [5.41, 5.74) is 1.90. The van der Waals surface area contributed by atoms with Crippen molar-refractivity contribution in [2.75, 3.05) is 7.11 Å². The van der Waals surface area contributed by atoms with Gasteiger partial charge in [-0.05, 0) is 64.4 Å². The van der Waals surface area contributed by atoms with Crippen molar-refractivity contribution < 1.29 is 23.5 Å². The van der Waals surface area contributed by atoms with Crippen LogP contribution in [0.1, 0.15) is 63.2 Å². The van der Waals surface area contributed by atoms with Crippen LogP contribution in [0.25, 0.3) is 0 Å². The predicted octanol–water partition coefficient (Wildman–Crippen LogP) is 3.68. The van der Waals surface area contributed by atoms with E-state index in [1.165, 1.54) is 36.3 Å². The number of esters is 1. The number of hydrogen-bond donors (Lipinski definition) is 1. The van der Waals surface area contributed by atoms with Gasteiger partial charge in [0.05, 0.1) is 13.2 Å². The highest BCUT2D eigenvalue weighted by molar-refractivity contribution is 6.07. The molecule has 0 saturated heterocycles. The molecular weight excluding hydrogens is 363 g/mol. The lowest BCUT2D eigenvalue weighted by atomic mass is 9.98. The number of methoxy groups -OCH3 is 1. The van der Waals surface area contributed by atoms with Crippen LogP contribution in [-0.2, 0) is 4.74 Å². The normalized spacial score (nSPS) is 12.0. The molecule has 0 aliphatic carbocycles. The van der Waals surface area contributed by atoms with Gasteiger partial charge in [0.2, 0.25) is 0 Å². The fourth-order valence-corrected chi connectivity index (χ4v) is 3.36. The minimum absolute atomic E-state index is 0.219. The van der Waals surface area contributed by atoms with Gasteiger partial charge in [0.15, 0.2) is 5.78 Å². The monoisotopic (exact) mass is 388 g/mol. The zero-order valence-corrected chi connectivity index (χ0v) is 16.9. The number of rotatable bonds is 6. The highest BCUT2D eigenvalue weighted by atomic mass is 19.1. The number of halogens is 1. The van der Waals surface area contributed by atoms with Gasteiger partial charge >= 0.3 is 5.97 Å². The fraction of sp³-hybridized carbons (Fsp3) is 0.381. The van der Waals surface area contributed by atoms with E-state index in [0.29, 0.717) is 22.4 Å². The number of ether oxygens (including phenoxy) is 1. The third-order valence-corrected chi connectivity index (χ3v) is 4.75. The molecule has 150 valence electrons. The number of hydrogen-bond acceptors (Lipinski definition) is 4. The maximum absolute atomic E-state index is 13.2. The molecule has 0 aliphatic heterocycles. The summed E-state index contributed by atoms with van der Waals surface area (Å²) in [5.74, 6) is -1.65. The first-order valence-corrected chi connectivity index (χ1v) is 9.00. The SMILES string of the molecule is COC(=O)c1[nH]c(C)c(C(=O)[C@@H](C)N(C(=O)c2ccc(F)cc2)C(C)C)c1C. The lowest BCUT2D eigenvalue weighted by molar-refractivity contribution is 0.0565. The third kappa shape index (κ3) is 3.98. The van der Waals surface area contributed by atoms with Gasteiger partial charge in [-0.3, -0.25) is 9.59 Å². The van der Waals surface area contributed by atoms with Crippen LogP contribution in [-0.4, -0.2) is 46.7 Å². The molecule has 2 aromatic rings. The van der Waals surface area contributed by atoms with Gasteiger partial charge < -0.3 is 14.6 Å². The highest BCUT2D eigenvalue weighted by Gasteiger charge is 2.33. The number of nitrogens with one attached hydrogen (secondary N) is 1. The number of H-pyrrole nitrogens is 1. The van der Waals surface area contributed by atoms with E-state index in [1.54, 1.807) is 20.8 Å². The molecule has 6 nitrogen and oxygen atoms in total. The average Bonchev–Trinajstić information content (AvgIpc) is 2.94. The molecule has 0 spiro atoms. The maximum Gasteiger partial charge on any atom is 0.354 e. The number of benzene rings is 1. The van der Waals surface area contributed by atoms with Crippen molar-refractivity contribution in [2.24, 2.45) is 0 Å². The molecule has 0 aliphatic rings. The van der Waals surface area contributed by atoms with Crippen LogP contribution in [0.3, 0.4) is 0 Å². The molecule has 0 unspecified atom stereocenters. The Labute approximate surface area is 163 Å². The largest absolute Gasteiger partial charge is 0.464 e. The molecule has 0 bridgehead atoms. The van der Waals surface area contributed by atoms with Crippen molar-refractivity contribution in [2.45, 2.75) is 46.7 Å². The maximum atomic E-state index is 13.2. The van der Waals surface area contributed by atoms with Crippen molar-refractivity contribution in [1.82, 2.24) is 9.88 Å². The first kappa shape index (κ1) is 21.3. The molecule has 7 heteroatoms. The van der Waals surface area contributed by atoms with Gasteiger partial charge in [0.25, 0.3) is 5.91 Å². The first-order valence-electron chi connectivity index (χ1n) is 9.00. The summed E-state index contributed by atoms with van der Waals surface area (Å²) in [4.78, 5) is 42.4. The van der Waals surface area contributed by atoms with E-state index >= 15 is 0 Å².